The van der Waals surface area contributed by atoms with Gasteiger partial charge in [0.15, 0.2) is 16.6 Å². The van der Waals surface area contributed by atoms with E-state index in [1.165, 1.54) is 7.11 Å². The number of carbonyl (C=O) groups excluding carboxylic acids is 1. The van der Waals surface area contributed by atoms with Gasteiger partial charge in [-0.15, -0.1) is 11.3 Å². The van der Waals surface area contributed by atoms with Gasteiger partial charge in [-0.25, -0.2) is 9.78 Å². The van der Waals surface area contributed by atoms with Crippen molar-refractivity contribution in [1.29, 1.82) is 0 Å². The molecule has 0 aliphatic carbocycles. The Bertz CT molecular complexity index is 939. The van der Waals surface area contributed by atoms with Crippen LogP contribution >= 0.6 is 11.3 Å². The molecule has 38 heavy (non-hydrogen) atoms. The number of carbonyl (C=O) groups is 1. The largest absolute Gasteiger partial charge is 0.466 e. The molecule has 5 nitrogen and oxygen atoms in total. The molecule has 2 atom stereocenters. The van der Waals surface area contributed by atoms with Crippen LogP contribution in [0.25, 0.3) is 6.08 Å². The summed E-state index contributed by atoms with van der Waals surface area (Å²) in [6, 6.07) is 0. The topological polar surface area (TPSA) is 57.7 Å². The fraction of sp³-hybridized carbons (Fsp3) is 0.733. The fourth-order valence-electron chi connectivity index (χ4n) is 3.35. The van der Waals surface area contributed by atoms with Gasteiger partial charge in [0.1, 0.15) is 0 Å². The van der Waals surface area contributed by atoms with Crippen LogP contribution in [0.5, 0.6) is 0 Å². The molecule has 0 aliphatic rings. The Morgan fingerprint density at radius 1 is 1.08 bits per heavy atom. The maximum Gasteiger partial charge on any atom is 0.333 e. The first kappa shape index (κ1) is 35.0. The number of rotatable bonds is 14. The number of ether oxygens (including phenoxy) is 1. The van der Waals surface area contributed by atoms with Crippen molar-refractivity contribution >= 4 is 40.0 Å². The lowest BCUT2D eigenvalue weighted by Gasteiger charge is -2.38. The highest BCUT2D eigenvalue weighted by Gasteiger charge is 2.39. The molecule has 1 aromatic rings. The van der Waals surface area contributed by atoms with Crippen molar-refractivity contribution in [2.24, 2.45) is 5.92 Å². The summed E-state index contributed by atoms with van der Waals surface area (Å²) in [6.07, 6.45) is 9.28. The molecule has 0 fully saturated rings. The van der Waals surface area contributed by atoms with E-state index in [-0.39, 0.29) is 22.1 Å². The van der Waals surface area contributed by atoms with Crippen LogP contribution in [0.1, 0.15) is 84.9 Å². The Balaban J connectivity index is 2.92. The summed E-state index contributed by atoms with van der Waals surface area (Å²) in [5.74, 6) is 0.197. The number of aromatic nitrogens is 1. The Morgan fingerprint density at radius 3 is 2.18 bits per heavy atom. The van der Waals surface area contributed by atoms with Gasteiger partial charge < -0.3 is 13.6 Å². The third-order valence-electron chi connectivity index (χ3n) is 8.09. The zero-order valence-electron chi connectivity index (χ0n) is 26.5. The molecule has 218 valence electrons. The number of thiazole rings is 1. The van der Waals surface area contributed by atoms with Crippen LogP contribution in [-0.2, 0) is 18.4 Å². The quantitative estimate of drug-likeness (QED) is 0.124. The number of aryl methyl sites for hydroxylation is 1. The molecule has 8 heteroatoms. The van der Waals surface area contributed by atoms with Gasteiger partial charge in [0.2, 0.25) is 0 Å². The summed E-state index contributed by atoms with van der Waals surface area (Å²) < 4.78 is 18.3. The van der Waals surface area contributed by atoms with Crippen LogP contribution in [0.15, 0.2) is 23.1 Å². The molecule has 0 saturated carbocycles. The lowest BCUT2D eigenvalue weighted by molar-refractivity contribution is -0.136. The molecule has 0 saturated heterocycles. The van der Waals surface area contributed by atoms with Crippen LogP contribution in [0, 0.1) is 12.8 Å². The van der Waals surface area contributed by atoms with Crippen LogP contribution in [-0.4, -0.2) is 47.4 Å². The molecular weight excluding hydrogens is 527 g/mol. The van der Waals surface area contributed by atoms with E-state index < -0.39 is 16.6 Å². The molecule has 0 radical (unpaired) electrons. The van der Waals surface area contributed by atoms with Crippen molar-refractivity contribution in [3.63, 3.8) is 0 Å². The monoisotopic (exact) mass is 581 g/mol. The van der Waals surface area contributed by atoms with E-state index in [0.29, 0.717) is 18.8 Å². The van der Waals surface area contributed by atoms with E-state index in [4.69, 9.17) is 13.6 Å². The highest BCUT2D eigenvalue weighted by Crippen LogP contribution is 2.38. The highest BCUT2D eigenvalue weighted by atomic mass is 32.1. The second kappa shape index (κ2) is 14.5. The zero-order valence-corrected chi connectivity index (χ0v) is 29.3. The average molecular weight is 582 g/mol. The first-order valence-corrected chi connectivity index (χ1v) is 20.7. The molecule has 1 heterocycles. The normalized spacial score (nSPS) is 15.7. The molecule has 0 bridgehead atoms. The number of hydrogen-bond donors (Lipinski definition) is 0. The molecular formula is C30H55NO4SSi2. The van der Waals surface area contributed by atoms with Crippen molar-refractivity contribution in [1.82, 2.24) is 4.98 Å². The van der Waals surface area contributed by atoms with Crippen molar-refractivity contribution in [3.8, 4) is 0 Å². The predicted molar refractivity (Wildman–Crippen MR) is 169 cm³/mol. The van der Waals surface area contributed by atoms with E-state index in [1.807, 2.05) is 19.1 Å². The summed E-state index contributed by atoms with van der Waals surface area (Å²) in [4.78, 5) is 17.2. The minimum Gasteiger partial charge on any atom is -0.466 e. The molecule has 1 rings (SSSR count). The zero-order chi connectivity index (χ0) is 29.4. The van der Waals surface area contributed by atoms with Crippen molar-refractivity contribution in [2.45, 2.75) is 123 Å². The summed E-state index contributed by atoms with van der Waals surface area (Å²) in [5.41, 5.74) is 1.68. The van der Waals surface area contributed by atoms with Gasteiger partial charge in [0, 0.05) is 17.6 Å². The Labute approximate surface area is 239 Å². The Morgan fingerprint density at radius 2 is 1.68 bits per heavy atom. The molecule has 0 unspecified atom stereocenters. The van der Waals surface area contributed by atoms with E-state index in [9.17, 15) is 4.79 Å². The van der Waals surface area contributed by atoms with Crippen molar-refractivity contribution < 1.29 is 18.4 Å². The lowest BCUT2D eigenvalue weighted by Crippen LogP contribution is -2.43. The van der Waals surface area contributed by atoms with Gasteiger partial charge in [0.05, 0.1) is 23.9 Å². The van der Waals surface area contributed by atoms with E-state index >= 15 is 0 Å². The second-order valence-electron chi connectivity index (χ2n) is 13.6. The molecule has 0 amide bonds. The number of methoxy groups -OCH3 is 1. The first-order chi connectivity index (χ1) is 17.3. The standard InChI is InChI=1S/C30H55NO4SSi2/c1-23(21-34-37(10,11)29(3,4)5)15-14-16-25(28(32)33-9)17-19-27(35-38(12,13)30(6,7)8)20-18-26-22-36-24(2)31-26/h17-18,20,22-23,27H,14-16,19,21H2,1-13H3/b20-18+,25-17+/t23-,27-/m0/s1. The van der Waals surface area contributed by atoms with Gasteiger partial charge in [-0.3, -0.25) is 0 Å². The van der Waals surface area contributed by atoms with Gasteiger partial charge in [-0.2, -0.15) is 0 Å². The number of nitrogens with zero attached hydrogens (tertiary/aromatic N) is 1. The predicted octanol–water partition coefficient (Wildman–Crippen LogP) is 9.17. The van der Waals surface area contributed by atoms with E-state index in [2.05, 4.69) is 91.1 Å². The summed E-state index contributed by atoms with van der Waals surface area (Å²) >= 11 is 1.64. The SMILES string of the molecule is COC(=O)/C(=C/C[C@@H](/C=C/c1csc(C)n1)O[Si](C)(C)C(C)(C)C)CCC[C@H](C)CO[Si](C)(C)C(C)(C)C. The Kier molecular flexibility index (Phi) is 13.4. The molecule has 0 spiro atoms. The fourth-order valence-corrected chi connectivity index (χ4v) is 6.35. The van der Waals surface area contributed by atoms with Crippen LogP contribution in [0.2, 0.25) is 36.3 Å². The minimum absolute atomic E-state index is 0.0911. The first-order valence-electron chi connectivity index (χ1n) is 14.0. The number of esters is 1. The smallest absolute Gasteiger partial charge is 0.333 e. The van der Waals surface area contributed by atoms with Gasteiger partial charge in [-0.1, -0.05) is 60.6 Å². The average Bonchev–Trinajstić information content (AvgIpc) is 3.20. The number of hydrogen-bond acceptors (Lipinski definition) is 6. The summed E-state index contributed by atoms with van der Waals surface area (Å²) in [7, 11) is -2.30. The van der Waals surface area contributed by atoms with Crippen molar-refractivity contribution in [3.05, 3.63) is 33.8 Å². The molecule has 0 aromatic carbocycles. The van der Waals surface area contributed by atoms with E-state index in [0.717, 1.165) is 35.7 Å². The third-order valence-corrected chi connectivity index (χ3v) is 17.9. The third kappa shape index (κ3) is 11.6. The molecule has 1 aromatic heterocycles. The maximum atomic E-state index is 12.6. The second-order valence-corrected chi connectivity index (χ2v) is 24.2. The van der Waals surface area contributed by atoms with E-state index in [1.54, 1.807) is 11.3 Å². The van der Waals surface area contributed by atoms with Crippen molar-refractivity contribution in [2.75, 3.05) is 13.7 Å². The Hall–Kier alpha value is -1.07. The van der Waals surface area contributed by atoms with Gasteiger partial charge in [0.25, 0.3) is 0 Å². The summed E-state index contributed by atoms with van der Waals surface area (Å²) in [5, 5.41) is 3.40. The van der Waals surface area contributed by atoms with Crippen LogP contribution < -0.4 is 0 Å². The molecule has 0 N–H and O–H groups in total. The summed E-state index contributed by atoms with van der Waals surface area (Å²) in [6.45, 7) is 27.7. The lowest BCUT2D eigenvalue weighted by atomic mass is 10.0. The molecule has 0 aliphatic heterocycles. The van der Waals surface area contributed by atoms with Gasteiger partial charge in [-0.05, 0) is 80.9 Å². The highest BCUT2D eigenvalue weighted by molar-refractivity contribution is 7.09. The van der Waals surface area contributed by atoms with Crippen LogP contribution in [0.3, 0.4) is 0 Å². The minimum atomic E-state index is -2.01. The van der Waals surface area contributed by atoms with Gasteiger partial charge >= 0.3 is 5.97 Å². The van der Waals surface area contributed by atoms with Crippen LogP contribution in [0.4, 0.5) is 0 Å². The maximum absolute atomic E-state index is 12.6.